The summed E-state index contributed by atoms with van der Waals surface area (Å²) in [6, 6.07) is 10.5. The highest BCUT2D eigenvalue weighted by Crippen LogP contribution is 2.25. The van der Waals surface area contributed by atoms with Crippen molar-refractivity contribution in [2.24, 2.45) is 7.05 Å². The highest BCUT2D eigenvalue weighted by atomic mass is 79.9. The second-order valence-electron chi connectivity index (χ2n) is 6.15. The molecule has 0 radical (unpaired) electrons. The highest BCUT2D eigenvalue weighted by molar-refractivity contribution is 9.10. The number of aromatic nitrogens is 2. The van der Waals surface area contributed by atoms with Crippen LogP contribution in [0.5, 0.6) is 5.75 Å². The zero-order valence-corrected chi connectivity index (χ0v) is 16.6. The van der Waals surface area contributed by atoms with Crippen molar-refractivity contribution in [1.82, 2.24) is 14.7 Å². The lowest BCUT2D eigenvalue weighted by molar-refractivity contribution is -0.0505. The van der Waals surface area contributed by atoms with Crippen molar-refractivity contribution in [3.63, 3.8) is 0 Å². The number of fused-ring (bicyclic) bond motifs is 1. The topological polar surface area (TPSA) is 48.2 Å². The zero-order chi connectivity index (χ0) is 19.6. The van der Waals surface area contributed by atoms with Crippen LogP contribution in [0.1, 0.15) is 18.1 Å². The SMILES string of the molecule is CCNCc1ccc(OC(F)F)c(Cn2c3cc(Br)ccc3c(=O)n2C)c1. The molecule has 0 saturated heterocycles. The van der Waals surface area contributed by atoms with Gasteiger partial charge in [0, 0.05) is 23.6 Å². The Morgan fingerprint density at radius 1 is 1.22 bits per heavy atom. The minimum Gasteiger partial charge on any atom is -0.434 e. The maximum Gasteiger partial charge on any atom is 0.387 e. The van der Waals surface area contributed by atoms with Gasteiger partial charge >= 0.3 is 6.61 Å². The van der Waals surface area contributed by atoms with Crippen LogP contribution in [0.15, 0.2) is 45.7 Å². The molecule has 0 bridgehead atoms. The van der Waals surface area contributed by atoms with Crippen LogP contribution in [0.3, 0.4) is 0 Å². The summed E-state index contributed by atoms with van der Waals surface area (Å²) in [5.74, 6) is 0.106. The van der Waals surface area contributed by atoms with Gasteiger partial charge in [0.15, 0.2) is 0 Å². The van der Waals surface area contributed by atoms with E-state index in [1.54, 1.807) is 36.0 Å². The van der Waals surface area contributed by atoms with Crippen molar-refractivity contribution < 1.29 is 13.5 Å². The number of nitrogens with one attached hydrogen (secondary N) is 1. The molecule has 0 atom stereocenters. The van der Waals surface area contributed by atoms with Crippen LogP contribution in [0.2, 0.25) is 0 Å². The van der Waals surface area contributed by atoms with E-state index in [0.29, 0.717) is 17.5 Å². The van der Waals surface area contributed by atoms with Gasteiger partial charge in [-0.05, 0) is 42.4 Å². The first-order valence-corrected chi connectivity index (χ1v) is 9.32. The molecule has 0 aliphatic rings. The Labute approximate surface area is 163 Å². The molecule has 0 amide bonds. The summed E-state index contributed by atoms with van der Waals surface area (Å²) in [5.41, 5.74) is 2.11. The summed E-state index contributed by atoms with van der Waals surface area (Å²) < 4.78 is 34.4. The first-order valence-electron chi connectivity index (χ1n) is 8.53. The summed E-state index contributed by atoms with van der Waals surface area (Å²) in [7, 11) is 1.66. The Bertz CT molecular complexity index is 1010. The second kappa shape index (κ2) is 8.22. The third-order valence-electron chi connectivity index (χ3n) is 4.36. The third-order valence-corrected chi connectivity index (χ3v) is 4.86. The van der Waals surface area contributed by atoms with Gasteiger partial charge in [0.1, 0.15) is 5.75 Å². The Morgan fingerprint density at radius 2 is 2.00 bits per heavy atom. The normalized spacial score (nSPS) is 11.5. The monoisotopic (exact) mass is 439 g/mol. The maximum atomic E-state index is 12.8. The lowest BCUT2D eigenvalue weighted by Gasteiger charge is -2.15. The lowest BCUT2D eigenvalue weighted by atomic mass is 10.1. The van der Waals surface area contributed by atoms with Crippen LogP contribution in [0, 0.1) is 0 Å². The van der Waals surface area contributed by atoms with Crippen LogP contribution in [-0.2, 0) is 20.1 Å². The molecule has 0 spiro atoms. The standard InChI is InChI=1S/C19H20BrF2N3O2/c1-3-23-10-12-4-7-17(27-19(21)22)13(8-12)11-25-16-9-14(20)5-6-15(16)18(26)24(25)2/h4-9,19,23H,3,10-11H2,1-2H3. The minimum absolute atomic E-state index is 0.106. The van der Waals surface area contributed by atoms with E-state index in [2.05, 4.69) is 21.2 Å². The van der Waals surface area contributed by atoms with Crippen molar-refractivity contribution in [3.05, 3.63) is 62.4 Å². The lowest BCUT2D eigenvalue weighted by Crippen LogP contribution is -2.20. The molecular weight excluding hydrogens is 420 g/mol. The number of halogens is 3. The van der Waals surface area contributed by atoms with Gasteiger partial charge in [0.25, 0.3) is 5.56 Å². The molecule has 0 fully saturated rings. The molecule has 0 aliphatic heterocycles. The van der Waals surface area contributed by atoms with E-state index in [0.717, 1.165) is 22.1 Å². The van der Waals surface area contributed by atoms with E-state index < -0.39 is 6.61 Å². The van der Waals surface area contributed by atoms with E-state index in [1.165, 1.54) is 4.68 Å². The van der Waals surface area contributed by atoms with Gasteiger partial charge in [-0.1, -0.05) is 28.9 Å². The van der Waals surface area contributed by atoms with Crippen molar-refractivity contribution in [2.45, 2.75) is 26.6 Å². The van der Waals surface area contributed by atoms with E-state index >= 15 is 0 Å². The van der Waals surface area contributed by atoms with Crippen LogP contribution in [0.4, 0.5) is 8.78 Å². The molecule has 1 aromatic heterocycles. The van der Waals surface area contributed by atoms with E-state index in [4.69, 9.17) is 4.74 Å². The van der Waals surface area contributed by atoms with E-state index in [1.807, 2.05) is 19.1 Å². The van der Waals surface area contributed by atoms with Crippen molar-refractivity contribution in [1.29, 1.82) is 0 Å². The summed E-state index contributed by atoms with van der Waals surface area (Å²) in [5, 5.41) is 3.78. The van der Waals surface area contributed by atoms with Gasteiger partial charge in [-0.15, -0.1) is 0 Å². The Hall–Kier alpha value is -2.19. The van der Waals surface area contributed by atoms with Crippen molar-refractivity contribution in [3.8, 4) is 5.75 Å². The molecule has 27 heavy (non-hydrogen) atoms. The highest BCUT2D eigenvalue weighted by Gasteiger charge is 2.16. The van der Waals surface area contributed by atoms with Crippen LogP contribution >= 0.6 is 15.9 Å². The number of ether oxygens (including phenoxy) is 1. The molecule has 0 aliphatic carbocycles. The van der Waals surface area contributed by atoms with Crippen molar-refractivity contribution >= 4 is 26.8 Å². The fraction of sp³-hybridized carbons (Fsp3) is 0.316. The van der Waals surface area contributed by atoms with Gasteiger partial charge in [-0.2, -0.15) is 8.78 Å². The molecule has 3 rings (SSSR count). The molecule has 144 valence electrons. The van der Waals surface area contributed by atoms with E-state index in [-0.39, 0.29) is 17.9 Å². The number of rotatable bonds is 7. The predicted octanol–water partition coefficient (Wildman–Crippen LogP) is 3.86. The fourth-order valence-corrected chi connectivity index (χ4v) is 3.39. The average Bonchev–Trinajstić information content (AvgIpc) is 2.85. The molecule has 0 saturated carbocycles. The van der Waals surface area contributed by atoms with Gasteiger partial charge in [-0.3, -0.25) is 14.2 Å². The molecule has 3 aromatic rings. The molecular formula is C19H20BrF2N3O2. The Kier molecular flexibility index (Phi) is 5.96. The molecule has 2 aromatic carbocycles. The summed E-state index contributed by atoms with van der Waals surface area (Å²) in [6.07, 6.45) is 0. The molecule has 8 heteroatoms. The first kappa shape index (κ1) is 19.6. The first-order chi connectivity index (χ1) is 12.9. The summed E-state index contributed by atoms with van der Waals surface area (Å²) in [4.78, 5) is 12.5. The second-order valence-corrected chi connectivity index (χ2v) is 7.06. The fourth-order valence-electron chi connectivity index (χ4n) is 3.04. The van der Waals surface area contributed by atoms with Crippen molar-refractivity contribution in [2.75, 3.05) is 6.54 Å². The summed E-state index contributed by atoms with van der Waals surface area (Å²) >= 11 is 3.42. The largest absolute Gasteiger partial charge is 0.434 e. The van der Waals surface area contributed by atoms with Gasteiger partial charge in [0.2, 0.25) is 0 Å². The third kappa shape index (κ3) is 4.22. The van der Waals surface area contributed by atoms with Gasteiger partial charge in [0.05, 0.1) is 17.4 Å². The minimum atomic E-state index is -2.91. The molecule has 1 heterocycles. The predicted molar refractivity (Wildman–Crippen MR) is 104 cm³/mol. The molecule has 1 N–H and O–H groups in total. The maximum absolute atomic E-state index is 12.8. The van der Waals surface area contributed by atoms with Crippen LogP contribution in [0.25, 0.3) is 10.9 Å². The van der Waals surface area contributed by atoms with Crippen LogP contribution < -0.4 is 15.6 Å². The van der Waals surface area contributed by atoms with Crippen LogP contribution in [-0.4, -0.2) is 22.5 Å². The quantitative estimate of drug-likeness (QED) is 0.607. The Balaban J connectivity index is 2.08. The number of hydrogen-bond acceptors (Lipinski definition) is 3. The smallest absolute Gasteiger partial charge is 0.387 e. The number of alkyl halides is 2. The number of hydrogen-bond donors (Lipinski definition) is 1. The molecule has 5 nitrogen and oxygen atoms in total. The zero-order valence-electron chi connectivity index (χ0n) is 15.0. The number of benzene rings is 2. The van der Waals surface area contributed by atoms with Gasteiger partial charge in [-0.25, -0.2) is 0 Å². The average molecular weight is 440 g/mol. The Morgan fingerprint density at radius 3 is 2.70 bits per heavy atom. The summed E-state index contributed by atoms with van der Waals surface area (Å²) in [6.45, 7) is 0.732. The van der Waals surface area contributed by atoms with Gasteiger partial charge < -0.3 is 10.1 Å². The molecule has 0 unspecified atom stereocenters. The number of nitrogens with zero attached hydrogens (tertiary/aromatic N) is 2. The van der Waals surface area contributed by atoms with E-state index in [9.17, 15) is 13.6 Å².